The van der Waals surface area contributed by atoms with Gasteiger partial charge in [0.1, 0.15) is 24.2 Å². The molecule has 4 aromatic carbocycles. The van der Waals surface area contributed by atoms with E-state index in [1.165, 1.54) is 91.9 Å². The number of halogens is 2. The van der Waals surface area contributed by atoms with Crippen molar-refractivity contribution in [3.8, 4) is 5.75 Å². The van der Waals surface area contributed by atoms with E-state index >= 15 is 0 Å². The van der Waals surface area contributed by atoms with E-state index in [1.807, 2.05) is 30.3 Å². The third kappa shape index (κ3) is 7.91. The Hall–Kier alpha value is -4.41. The van der Waals surface area contributed by atoms with Crippen LogP contribution < -0.4 is 14.4 Å². The Balaban J connectivity index is 1.77. The molecule has 0 aliphatic carbocycles. The lowest BCUT2D eigenvalue weighted by Crippen LogP contribution is -2.53. The minimum Gasteiger partial charge on any atom is -0.497 e. The smallest absolute Gasteiger partial charge is 0.264 e. The normalized spacial score (nSPS) is 11.8. The van der Waals surface area contributed by atoms with Crippen LogP contribution in [0.1, 0.15) is 11.1 Å². The average molecular weight is 624 g/mol. The molecule has 1 atom stereocenters. The first-order valence-electron chi connectivity index (χ1n) is 13.3. The number of carbonyl (C=O) groups excluding carboxylic acids is 2. The van der Waals surface area contributed by atoms with E-state index in [0.717, 1.165) is 9.87 Å². The van der Waals surface area contributed by atoms with Gasteiger partial charge in [-0.3, -0.25) is 13.9 Å². The summed E-state index contributed by atoms with van der Waals surface area (Å²) in [5.74, 6) is -1.06. The topological polar surface area (TPSA) is 96.0 Å². The van der Waals surface area contributed by atoms with Gasteiger partial charge in [-0.05, 0) is 71.8 Å². The van der Waals surface area contributed by atoms with Crippen molar-refractivity contribution < 1.29 is 27.1 Å². The van der Waals surface area contributed by atoms with Gasteiger partial charge in [-0.25, -0.2) is 12.8 Å². The maximum Gasteiger partial charge on any atom is 0.264 e. The highest BCUT2D eigenvalue weighted by atomic mass is 35.5. The minimum absolute atomic E-state index is 0.0618. The molecule has 8 nitrogen and oxygen atoms in total. The quantitative estimate of drug-likeness (QED) is 0.238. The Bertz CT molecular complexity index is 1640. The first kappa shape index (κ1) is 31.5. The number of nitrogens with one attached hydrogen (secondary N) is 1. The van der Waals surface area contributed by atoms with Gasteiger partial charge in [-0.1, -0.05) is 54.1 Å². The fourth-order valence-corrected chi connectivity index (χ4v) is 6.06. The number of sulfonamides is 1. The number of hydrogen-bond donors (Lipinski definition) is 1. The summed E-state index contributed by atoms with van der Waals surface area (Å²) in [6.45, 7) is -0.694. The number of methoxy groups -OCH3 is 1. The summed E-state index contributed by atoms with van der Waals surface area (Å²) in [7, 11) is -1.34. The van der Waals surface area contributed by atoms with Gasteiger partial charge in [-0.2, -0.15) is 0 Å². The summed E-state index contributed by atoms with van der Waals surface area (Å²) in [4.78, 5) is 28.7. The molecular formula is C32H31ClFN3O5S. The van der Waals surface area contributed by atoms with Gasteiger partial charge in [0.25, 0.3) is 10.0 Å². The van der Waals surface area contributed by atoms with Gasteiger partial charge in [0.15, 0.2) is 0 Å². The van der Waals surface area contributed by atoms with Crippen LogP contribution in [0.3, 0.4) is 0 Å². The highest BCUT2D eigenvalue weighted by molar-refractivity contribution is 7.92. The molecule has 0 spiro atoms. The second-order valence-corrected chi connectivity index (χ2v) is 11.9. The van der Waals surface area contributed by atoms with Crippen LogP contribution in [-0.4, -0.2) is 51.9 Å². The Morgan fingerprint density at radius 2 is 1.51 bits per heavy atom. The van der Waals surface area contributed by atoms with E-state index in [1.54, 1.807) is 0 Å². The Labute approximate surface area is 255 Å². The molecule has 0 saturated carbocycles. The first-order chi connectivity index (χ1) is 20.6. The number of benzene rings is 4. The molecule has 0 aliphatic heterocycles. The van der Waals surface area contributed by atoms with Crippen LogP contribution in [0.4, 0.5) is 10.1 Å². The number of amides is 2. The van der Waals surface area contributed by atoms with Crippen LogP contribution in [0.5, 0.6) is 5.75 Å². The van der Waals surface area contributed by atoms with E-state index in [-0.39, 0.29) is 23.5 Å². The summed E-state index contributed by atoms with van der Waals surface area (Å²) in [5.41, 5.74) is 1.57. The molecule has 1 N–H and O–H groups in total. The average Bonchev–Trinajstić information content (AvgIpc) is 3.03. The van der Waals surface area contributed by atoms with Crippen LogP contribution in [0.15, 0.2) is 108 Å². The molecule has 0 radical (unpaired) electrons. The molecule has 0 bridgehead atoms. The van der Waals surface area contributed by atoms with Crippen molar-refractivity contribution in [3.63, 3.8) is 0 Å². The number of hydrogen-bond acceptors (Lipinski definition) is 5. The number of nitrogens with zero attached hydrogens (tertiary/aromatic N) is 2. The summed E-state index contributed by atoms with van der Waals surface area (Å²) in [6.07, 6.45) is 0.166. The molecule has 0 fully saturated rings. The van der Waals surface area contributed by atoms with E-state index in [9.17, 15) is 22.4 Å². The fourth-order valence-electron chi connectivity index (χ4n) is 4.52. The molecule has 4 rings (SSSR count). The van der Waals surface area contributed by atoms with Crippen molar-refractivity contribution in [1.82, 2.24) is 10.2 Å². The van der Waals surface area contributed by atoms with Crippen molar-refractivity contribution >= 4 is 39.1 Å². The fraction of sp³-hybridized carbons (Fsp3) is 0.188. The number of carbonyl (C=O) groups is 2. The zero-order chi connectivity index (χ0) is 31.0. The van der Waals surface area contributed by atoms with Gasteiger partial charge >= 0.3 is 0 Å². The molecule has 0 heterocycles. The molecule has 4 aromatic rings. The predicted molar refractivity (Wildman–Crippen MR) is 164 cm³/mol. The first-order valence-corrected chi connectivity index (χ1v) is 15.2. The maximum absolute atomic E-state index is 14.2. The lowest BCUT2D eigenvalue weighted by Gasteiger charge is -2.33. The molecule has 11 heteroatoms. The van der Waals surface area contributed by atoms with Crippen molar-refractivity contribution in [2.45, 2.75) is 23.9 Å². The lowest BCUT2D eigenvalue weighted by molar-refractivity contribution is -0.139. The Morgan fingerprint density at radius 1 is 0.884 bits per heavy atom. The Kier molecular flexibility index (Phi) is 10.4. The van der Waals surface area contributed by atoms with Gasteiger partial charge < -0.3 is 15.0 Å². The van der Waals surface area contributed by atoms with Gasteiger partial charge in [0.2, 0.25) is 11.8 Å². The van der Waals surface area contributed by atoms with E-state index in [0.29, 0.717) is 16.3 Å². The van der Waals surface area contributed by atoms with E-state index in [2.05, 4.69) is 5.32 Å². The van der Waals surface area contributed by atoms with Crippen LogP contribution in [-0.2, 0) is 32.6 Å². The molecule has 224 valence electrons. The number of anilines is 1. The molecule has 1 unspecified atom stereocenters. The van der Waals surface area contributed by atoms with Crippen molar-refractivity contribution in [3.05, 3.63) is 125 Å². The van der Waals surface area contributed by atoms with Crippen LogP contribution >= 0.6 is 11.6 Å². The predicted octanol–water partition coefficient (Wildman–Crippen LogP) is 5.07. The van der Waals surface area contributed by atoms with Gasteiger partial charge in [0.05, 0.1) is 17.7 Å². The molecule has 0 saturated heterocycles. The lowest BCUT2D eigenvalue weighted by atomic mass is 10.0. The standard InChI is InChI=1S/C32H31ClFN3O5S/c1-35-32(39)30(20-23-6-4-3-5-7-23)36(21-24-8-12-26(34)13-9-24)31(38)22-37(27-14-10-25(33)11-15-27)43(40,41)29-18-16-28(42-2)17-19-29/h3-19,30H,20-22H2,1-2H3,(H,35,39). The van der Waals surface area contributed by atoms with Crippen molar-refractivity contribution in [2.75, 3.05) is 25.0 Å². The molecule has 2 amide bonds. The highest BCUT2D eigenvalue weighted by Crippen LogP contribution is 2.27. The Morgan fingerprint density at radius 3 is 2.09 bits per heavy atom. The van der Waals surface area contributed by atoms with E-state index < -0.39 is 40.2 Å². The summed E-state index contributed by atoms with van der Waals surface area (Å²) in [5, 5.41) is 3.01. The van der Waals surface area contributed by atoms with Gasteiger partial charge in [0, 0.05) is 25.0 Å². The van der Waals surface area contributed by atoms with Crippen molar-refractivity contribution in [1.29, 1.82) is 0 Å². The molecule has 0 aromatic heterocycles. The third-order valence-electron chi connectivity index (χ3n) is 6.82. The monoisotopic (exact) mass is 623 g/mol. The van der Waals surface area contributed by atoms with Crippen molar-refractivity contribution in [2.24, 2.45) is 0 Å². The van der Waals surface area contributed by atoms with E-state index in [4.69, 9.17) is 16.3 Å². The summed E-state index contributed by atoms with van der Waals surface area (Å²) >= 11 is 6.08. The summed E-state index contributed by atoms with van der Waals surface area (Å²) < 4.78 is 47.8. The molecular weight excluding hydrogens is 593 g/mol. The number of ether oxygens (including phenoxy) is 1. The molecule has 43 heavy (non-hydrogen) atoms. The second kappa shape index (κ2) is 14.2. The summed E-state index contributed by atoms with van der Waals surface area (Å²) in [6, 6.07) is 25.6. The van der Waals surface area contributed by atoms with Crippen LogP contribution in [0.25, 0.3) is 0 Å². The van der Waals surface area contributed by atoms with Crippen LogP contribution in [0, 0.1) is 5.82 Å². The zero-order valence-electron chi connectivity index (χ0n) is 23.6. The van der Waals surface area contributed by atoms with Gasteiger partial charge in [-0.15, -0.1) is 0 Å². The third-order valence-corrected chi connectivity index (χ3v) is 8.86. The second-order valence-electron chi connectivity index (χ2n) is 9.63. The maximum atomic E-state index is 14.2. The number of likely N-dealkylation sites (N-methyl/N-ethyl adjacent to an activating group) is 1. The largest absolute Gasteiger partial charge is 0.497 e. The highest BCUT2D eigenvalue weighted by Gasteiger charge is 2.34. The minimum atomic E-state index is -4.27. The number of rotatable bonds is 12. The molecule has 0 aliphatic rings. The SMILES string of the molecule is CNC(=O)C(Cc1ccccc1)N(Cc1ccc(F)cc1)C(=O)CN(c1ccc(Cl)cc1)S(=O)(=O)c1ccc(OC)cc1. The zero-order valence-corrected chi connectivity index (χ0v) is 25.2. The van der Waals surface area contributed by atoms with Crippen LogP contribution in [0.2, 0.25) is 5.02 Å².